The molecule has 0 unspecified atom stereocenters. The van der Waals surface area contributed by atoms with Crippen molar-refractivity contribution in [1.82, 2.24) is 9.71 Å². The molecule has 2 fully saturated rings. The number of H-pyrrole nitrogens is 1. The summed E-state index contributed by atoms with van der Waals surface area (Å²) in [5.41, 5.74) is 0.524. The molecule has 6 heteroatoms. The van der Waals surface area contributed by atoms with Gasteiger partial charge in [-0.05, 0) is 68.0 Å². The number of aromatic amines is 1. The third kappa shape index (κ3) is 2.93. The molecule has 2 N–H and O–H groups in total. The highest BCUT2D eigenvalue weighted by molar-refractivity contribution is 7.89. The quantitative estimate of drug-likeness (QED) is 0.882. The molecular weight excluding hydrogens is 312 g/mol. The van der Waals surface area contributed by atoms with Crippen molar-refractivity contribution in [3.63, 3.8) is 0 Å². The van der Waals surface area contributed by atoms with Crippen molar-refractivity contribution >= 4 is 20.8 Å². The van der Waals surface area contributed by atoms with Crippen LogP contribution in [-0.4, -0.2) is 18.9 Å². The van der Waals surface area contributed by atoms with Gasteiger partial charge in [-0.1, -0.05) is 6.07 Å². The number of hydrogen-bond donors (Lipinski definition) is 2. The third-order valence-electron chi connectivity index (χ3n) is 4.86. The van der Waals surface area contributed by atoms with Crippen LogP contribution in [0.5, 0.6) is 0 Å². The Labute approximate surface area is 135 Å². The van der Waals surface area contributed by atoms with Crippen molar-refractivity contribution < 1.29 is 8.42 Å². The molecule has 1 heterocycles. The van der Waals surface area contributed by atoms with Crippen molar-refractivity contribution in [1.29, 1.82) is 0 Å². The topological polar surface area (TPSA) is 79.0 Å². The van der Waals surface area contributed by atoms with E-state index >= 15 is 0 Å². The van der Waals surface area contributed by atoms with Gasteiger partial charge in [0.05, 0.1) is 4.90 Å². The molecule has 1 aromatic carbocycles. The minimum absolute atomic E-state index is 0.159. The lowest BCUT2D eigenvalue weighted by molar-refractivity contribution is 0.558. The van der Waals surface area contributed by atoms with Gasteiger partial charge in [0.25, 0.3) is 5.56 Å². The molecule has 0 aliphatic heterocycles. The third-order valence-corrected chi connectivity index (χ3v) is 6.49. The molecule has 2 aliphatic carbocycles. The van der Waals surface area contributed by atoms with Crippen molar-refractivity contribution in [2.45, 2.75) is 49.5 Å². The van der Waals surface area contributed by atoms with Crippen LogP contribution in [-0.2, 0) is 16.4 Å². The minimum atomic E-state index is -3.59. The molecular formula is C17H20N2O3S. The van der Waals surface area contributed by atoms with Crippen LogP contribution in [0.4, 0.5) is 0 Å². The van der Waals surface area contributed by atoms with E-state index in [1.165, 1.54) is 18.9 Å². The van der Waals surface area contributed by atoms with Gasteiger partial charge in [-0.3, -0.25) is 4.79 Å². The standard InChI is InChI=1S/C17H20N2O3S/c1-17(6-7-17)19-23(21,22)13-4-5-14-12(8-11-2-3-11)10-18-16(20)15(14)9-13/h4-5,9-11,19H,2-3,6-8H2,1H3,(H,18,20). The molecule has 1 aromatic heterocycles. The fourth-order valence-electron chi connectivity index (χ4n) is 2.94. The normalized spacial score (nSPS) is 19.9. The number of aromatic nitrogens is 1. The first-order chi connectivity index (χ1) is 10.9. The van der Waals surface area contributed by atoms with Gasteiger partial charge in [-0.25, -0.2) is 13.1 Å². The Balaban J connectivity index is 1.78. The van der Waals surface area contributed by atoms with E-state index in [1.807, 2.05) is 6.92 Å². The summed E-state index contributed by atoms with van der Waals surface area (Å²) in [7, 11) is -3.59. The van der Waals surface area contributed by atoms with E-state index in [0.29, 0.717) is 11.3 Å². The van der Waals surface area contributed by atoms with Crippen LogP contribution in [0.3, 0.4) is 0 Å². The number of nitrogens with one attached hydrogen (secondary N) is 2. The van der Waals surface area contributed by atoms with Crippen molar-refractivity contribution in [3.05, 3.63) is 40.3 Å². The van der Waals surface area contributed by atoms with Crippen LogP contribution >= 0.6 is 0 Å². The maximum Gasteiger partial charge on any atom is 0.255 e. The number of hydrogen-bond acceptors (Lipinski definition) is 3. The highest BCUT2D eigenvalue weighted by Crippen LogP contribution is 2.36. The zero-order valence-corrected chi connectivity index (χ0v) is 13.9. The number of fused-ring (bicyclic) bond motifs is 1. The number of rotatable bonds is 5. The summed E-state index contributed by atoms with van der Waals surface area (Å²) >= 11 is 0. The maximum absolute atomic E-state index is 12.5. The lowest BCUT2D eigenvalue weighted by atomic mass is 10.0. The summed E-state index contributed by atoms with van der Waals surface area (Å²) in [6.45, 7) is 1.89. The molecule has 2 aliphatic rings. The van der Waals surface area contributed by atoms with E-state index in [4.69, 9.17) is 0 Å². The molecule has 2 aromatic rings. The molecule has 0 bridgehead atoms. The second-order valence-electron chi connectivity index (χ2n) is 7.16. The van der Waals surface area contributed by atoms with E-state index in [0.717, 1.165) is 30.2 Å². The van der Waals surface area contributed by atoms with Gasteiger partial charge in [-0.2, -0.15) is 0 Å². The number of pyridine rings is 1. The van der Waals surface area contributed by atoms with E-state index < -0.39 is 10.0 Å². The largest absolute Gasteiger partial charge is 0.328 e. The monoisotopic (exact) mass is 332 g/mol. The zero-order chi connectivity index (χ0) is 16.2. The highest BCUT2D eigenvalue weighted by Gasteiger charge is 2.41. The van der Waals surface area contributed by atoms with Crippen LogP contribution in [0.1, 0.15) is 38.2 Å². The van der Waals surface area contributed by atoms with Crippen LogP contribution in [0, 0.1) is 5.92 Å². The predicted octanol–water partition coefficient (Wildman–Crippen LogP) is 2.31. The SMILES string of the molecule is CC1(NS(=O)(=O)c2ccc3c(CC4CC4)c[nH]c(=O)c3c2)CC1. The summed E-state index contributed by atoms with van der Waals surface area (Å²) in [5, 5.41) is 1.31. The molecule has 0 spiro atoms. The molecule has 4 rings (SSSR count). The number of benzene rings is 1. The van der Waals surface area contributed by atoms with Crippen LogP contribution < -0.4 is 10.3 Å². The Morgan fingerprint density at radius 2 is 2.00 bits per heavy atom. The van der Waals surface area contributed by atoms with Crippen LogP contribution in [0.25, 0.3) is 10.8 Å². The first-order valence-corrected chi connectivity index (χ1v) is 9.53. The summed E-state index contributed by atoms with van der Waals surface area (Å²) in [6.07, 6.45) is 6.87. The first-order valence-electron chi connectivity index (χ1n) is 8.05. The molecule has 0 saturated heterocycles. The second kappa shape index (κ2) is 4.92. The Hall–Kier alpha value is -1.66. The average Bonchev–Trinajstić information content (AvgIpc) is 3.41. The summed E-state index contributed by atoms with van der Waals surface area (Å²) in [4.78, 5) is 15.0. The summed E-state index contributed by atoms with van der Waals surface area (Å²) in [5.74, 6) is 0.698. The van der Waals surface area contributed by atoms with Gasteiger partial charge < -0.3 is 4.98 Å². The Morgan fingerprint density at radius 1 is 1.26 bits per heavy atom. The van der Waals surface area contributed by atoms with E-state index in [-0.39, 0.29) is 16.0 Å². The molecule has 0 amide bonds. The number of sulfonamides is 1. The smallest absolute Gasteiger partial charge is 0.255 e. The van der Waals surface area contributed by atoms with Gasteiger partial charge in [0.15, 0.2) is 0 Å². The second-order valence-corrected chi connectivity index (χ2v) is 8.85. The Kier molecular flexibility index (Phi) is 3.19. The molecule has 122 valence electrons. The van der Waals surface area contributed by atoms with Crippen molar-refractivity contribution in [2.24, 2.45) is 5.92 Å². The first kappa shape index (κ1) is 14.9. The fourth-order valence-corrected chi connectivity index (χ4v) is 4.43. The zero-order valence-electron chi connectivity index (χ0n) is 13.1. The molecule has 0 radical (unpaired) electrons. The van der Waals surface area contributed by atoms with Crippen molar-refractivity contribution in [3.8, 4) is 0 Å². The summed E-state index contributed by atoms with van der Waals surface area (Å²) in [6, 6.07) is 4.87. The predicted molar refractivity (Wildman–Crippen MR) is 89.0 cm³/mol. The maximum atomic E-state index is 12.5. The lowest BCUT2D eigenvalue weighted by Crippen LogP contribution is -2.34. The minimum Gasteiger partial charge on any atom is -0.328 e. The van der Waals surface area contributed by atoms with Crippen LogP contribution in [0.2, 0.25) is 0 Å². The summed E-state index contributed by atoms with van der Waals surface area (Å²) < 4.78 is 27.7. The molecule has 0 atom stereocenters. The average molecular weight is 332 g/mol. The van der Waals surface area contributed by atoms with Crippen molar-refractivity contribution in [2.75, 3.05) is 0 Å². The van der Waals surface area contributed by atoms with Gasteiger partial charge in [-0.15, -0.1) is 0 Å². The van der Waals surface area contributed by atoms with Gasteiger partial charge in [0, 0.05) is 17.1 Å². The molecule has 23 heavy (non-hydrogen) atoms. The molecule has 5 nitrogen and oxygen atoms in total. The lowest BCUT2D eigenvalue weighted by Gasteiger charge is -2.13. The van der Waals surface area contributed by atoms with Crippen LogP contribution in [0.15, 0.2) is 34.1 Å². The molecule has 2 saturated carbocycles. The van der Waals surface area contributed by atoms with E-state index in [2.05, 4.69) is 9.71 Å². The van der Waals surface area contributed by atoms with Gasteiger partial charge >= 0.3 is 0 Å². The van der Waals surface area contributed by atoms with Gasteiger partial charge in [0.1, 0.15) is 0 Å². The van der Waals surface area contributed by atoms with E-state index in [9.17, 15) is 13.2 Å². The Morgan fingerprint density at radius 3 is 2.65 bits per heavy atom. The fraction of sp³-hybridized carbons (Fsp3) is 0.471. The Bertz CT molecular complexity index is 938. The van der Waals surface area contributed by atoms with Gasteiger partial charge in [0.2, 0.25) is 10.0 Å². The highest BCUT2D eigenvalue weighted by atomic mass is 32.2. The van der Waals surface area contributed by atoms with E-state index in [1.54, 1.807) is 18.3 Å².